The van der Waals surface area contributed by atoms with E-state index in [1.807, 2.05) is 0 Å². The summed E-state index contributed by atoms with van der Waals surface area (Å²) >= 11 is 0. The molecule has 0 saturated carbocycles. The minimum Gasteiger partial charge on any atom is -0.507 e. The van der Waals surface area contributed by atoms with Crippen LogP contribution < -0.4 is 10.2 Å². The Morgan fingerprint density at radius 1 is 1.20 bits per heavy atom. The zero-order chi connectivity index (χ0) is 17.9. The molecule has 0 aliphatic carbocycles. The summed E-state index contributed by atoms with van der Waals surface area (Å²) in [6.45, 7) is 1.50. The van der Waals surface area contributed by atoms with Crippen LogP contribution in [-0.2, 0) is 7.05 Å². The lowest BCUT2D eigenvalue weighted by Crippen LogP contribution is -2.36. The van der Waals surface area contributed by atoms with Crippen molar-refractivity contribution >= 4 is 27.9 Å². The largest absolute Gasteiger partial charge is 0.507 e. The standard InChI is InChI=1S/C19H17NO5/c1-19(9-21)7-6-10-14(25-19)8-13(23)15-17(10)20(2)16-11(18(15)24)4-3-5-12(16)22/h3-8,21-23H,9H2,1-2H3. The highest BCUT2D eigenvalue weighted by molar-refractivity contribution is 6.03. The smallest absolute Gasteiger partial charge is 0.201 e. The first kappa shape index (κ1) is 15.5. The lowest BCUT2D eigenvalue weighted by molar-refractivity contribution is 0.0640. The quantitative estimate of drug-likeness (QED) is 0.592. The molecule has 1 unspecified atom stereocenters. The number of aliphatic hydroxyl groups is 1. The van der Waals surface area contributed by atoms with E-state index in [1.165, 1.54) is 12.1 Å². The number of para-hydroxylation sites is 1. The van der Waals surface area contributed by atoms with E-state index in [1.54, 1.807) is 42.8 Å². The number of benzene rings is 2. The van der Waals surface area contributed by atoms with Gasteiger partial charge in [0.2, 0.25) is 5.43 Å². The Labute approximate surface area is 142 Å². The van der Waals surface area contributed by atoms with Crippen LogP contribution in [-0.4, -0.2) is 32.1 Å². The van der Waals surface area contributed by atoms with Crippen molar-refractivity contribution in [1.29, 1.82) is 0 Å². The molecule has 3 aromatic rings. The number of fused-ring (bicyclic) bond motifs is 4. The van der Waals surface area contributed by atoms with Crippen LogP contribution in [0.4, 0.5) is 0 Å². The van der Waals surface area contributed by atoms with Crippen LogP contribution in [0.15, 0.2) is 35.1 Å². The van der Waals surface area contributed by atoms with Crippen molar-refractivity contribution < 1.29 is 20.1 Å². The van der Waals surface area contributed by atoms with E-state index in [4.69, 9.17) is 4.74 Å². The number of aryl methyl sites for hydroxylation is 1. The molecule has 0 saturated heterocycles. The summed E-state index contributed by atoms with van der Waals surface area (Å²) in [6, 6.07) is 6.12. The van der Waals surface area contributed by atoms with Gasteiger partial charge in [-0.25, -0.2) is 0 Å². The number of phenols is 2. The van der Waals surface area contributed by atoms with Gasteiger partial charge < -0.3 is 24.6 Å². The first-order valence-electron chi connectivity index (χ1n) is 7.86. The lowest BCUT2D eigenvalue weighted by Gasteiger charge is -2.30. The van der Waals surface area contributed by atoms with E-state index >= 15 is 0 Å². The molecule has 0 fully saturated rings. The summed E-state index contributed by atoms with van der Waals surface area (Å²) in [4.78, 5) is 12.9. The Bertz CT molecular complexity index is 1130. The molecule has 1 aliphatic rings. The number of nitrogens with zero attached hydrogens (tertiary/aromatic N) is 1. The van der Waals surface area contributed by atoms with Crippen molar-refractivity contribution in [3.8, 4) is 17.2 Å². The molecule has 6 heteroatoms. The summed E-state index contributed by atoms with van der Waals surface area (Å²) in [5.41, 5.74) is 0.207. The average Bonchev–Trinajstić information content (AvgIpc) is 2.58. The third-order valence-electron chi connectivity index (χ3n) is 4.70. The molecular weight excluding hydrogens is 322 g/mol. The lowest BCUT2D eigenvalue weighted by atomic mass is 9.97. The van der Waals surface area contributed by atoms with Crippen LogP contribution in [0.5, 0.6) is 17.2 Å². The minimum atomic E-state index is -0.898. The maximum atomic E-state index is 12.9. The monoisotopic (exact) mass is 339 g/mol. The molecule has 4 rings (SSSR count). The molecule has 2 heterocycles. The molecule has 2 aromatic carbocycles. The van der Waals surface area contributed by atoms with Gasteiger partial charge in [-0.1, -0.05) is 6.07 Å². The average molecular weight is 339 g/mol. The molecule has 1 aliphatic heterocycles. The Kier molecular flexibility index (Phi) is 3.11. The number of hydrogen-bond donors (Lipinski definition) is 3. The fourth-order valence-electron chi connectivity index (χ4n) is 3.41. The van der Waals surface area contributed by atoms with E-state index < -0.39 is 5.60 Å². The third kappa shape index (κ3) is 2.04. The van der Waals surface area contributed by atoms with Crippen molar-refractivity contribution in [2.24, 2.45) is 7.05 Å². The van der Waals surface area contributed by atoms with Crippen LogP contribution in [0.3, 0.4) is 0 Å². The summed E-state index contributed by atoms with van der Waals surface area (Å²) in [7, 11) is 1.72. The molecule has 0 spiro atoms. The first-order valence-corrected chi connectivity index (χ1v) is 7.86. The van der Waals surface area contributed by atoms with Crippen molar-refractivity contribution in [3.05, 3.63) is 46.1 Å². The Balaban J connectivity index is 2.22. The van der Waals surface area contributed by atoms with Gasteiger partial charge in [0.05, 0.1) is 28.4 Å². The highest BCUT2D eigenvalue weighted by Gasteiger charge is 2.29. The van der Waals surface area contributed by atoms with Crippen molar-refractivity contribution in [2.45, 2.75) is 12.5 Å². The predicted molar refractivity (Wildman–Crippen MR) is 95.2 cm³/mol. The second-order valence-corrected chi connectivity index (χ2v) is 6.50. The van der Waals surface area contributed by atoms with Gasteiger partial charge in [0.25, 0.3) is 0 Å². The molecule has 128 valence electrons. The Morgan fingerprint density at radius 3 is 2.68 bits per heavy atom. The number of aromatic hydroxyl groups is 2. The summed E-state index contributed by atoms with van der Waals surface area (Å²) in [6.07, 6.45) is 3.48. The minimum absolute atomic E-state index is 0.0167. The van der Waals surface area contributed by atoms with Gasteiger partial charge in [-0.2, -0.15) is 0 Å². The van der Waals surface area contributed by atoms with E-state index in [0.717, 1.165) is 0 Å². The molecule has 6 nitrogen and oxygen atoms in total. The molecule has 1 atom stereocenters. The van der Waals surface area contributed by atoms with Crippen LogP contribution in [0.25, 0.3) is 27.9 Å². The van der Waals surface area contributed by atoms with Gasteiger partial charge >= 0.3 is 0 Å². The number of hydrogen-bond acceptors (Lipinski definition) is 5. The maximum absolute atomic E-state index is 12.9. The normalized spacial score (nSPS) is 19.2. The molecular formula is C19H17NO5. The van der Waals surface area contributed by atoms with E-state index in [0.29, 0.717) is 27.7 Å². The molecule has 3 N–H and O–H groups in total. The highest BCUT2D eigenvalue weighted by atomic mass is 16.5. The molecule has 25 heavy (non-hydrogen) atoms. The zero-order valence-corrected chi connectivity index (χ0v) is 13.8. The van der Waals surface area contributed by atoms with Crippen molar-refractivity contribution in [1.82, 2.24) is 4.57 Å². The van der Waals surface area contributed by atoms with Crippen LogP contribution >= 0.6 is 0 Å². The summed E-state index contributed by atoms with van der Waals surface area (Å²) in [5.74, 6) is 0.154. The van der Waals surface area contributed by atoms with Crippen LogP contribution in [0, 0.1) is 0 Å². The zero-order valence-electron chi connectivity index (χ0n) is 13.8. The number of phenolic OH excluding ortho intramolecular Hbond substituents is 2. The summed E-state index contributed by atoms with van der Waals surface area (Å²) in [5, 5.41) is 30.7. The number of rotatable bonds is 1. The molecule has 0 radical (unpaired) electrons. The van der Waals surface area contributed by atoms with Gasteiger partial charge in [-0.3, -0.25) is 4.79 Å². The highest BCUT2D eigenvalue weighted by Crippen LogP contribution is 2.40. The van der Waals surface area contributed by atoms with Crippen molar-refractivity contribution in [2.75, 3.05) is 6.61 Å². The Hall–Kier alpha value is -2.99. The number of ether oxygens (including phenoxy) is 1. The van der Waals surface area contributed by atoms with Crippen molar-refractivity contribution in [3.63, 3.8) is 0 Å². The number of pyridine rings is 1. The number of aromatic nitrogens is 1. The number of aliphatic hydroxyl groups excluding tert-OH is 1. The van der Waals surface area contributed by atoms with E-state index in [2.05, 4.69) is 0 Å². The predicted octanol–water partition coefficient (Wildman–Crippen LogP) is 2.26. The molecule has 0 bridgehead atoms. The van der Waals surface area contributed by atoms with Gasteiger partial charge in [0, 0.05) is 18.7 Å². The fourth-order valence-corrected chi connectivity index (χ4v) is 3.41. The van der Waals surface area contributed by atoms with E-state index in [9.17, 15) is 20.1 Å². The van der Waals surface area contributed by atoms with Gasteiger partial charge in [-0.15, -0.1) is 0 Å². The topological polar surface area (TPSA) is 91.9 Å². The van der Waals surface area contributed by atoms with Gasteiger partial charge in [-0.05, 0) is 31.2 Å². The van der Waals surface area contributed by atoms with E-state index in [-0.39, 0.29) is 28.9 Å². The first-order chi connectivity index (χ1) is 11.9. The SMILES string of the molecule is Cn1c2c(O)cccc2c(=O)c2c(O)cc3c(c21)C=CC(C)(CO)O3. The fraction of sp³-hybridized carbons (Fsp3) is 0.211. The summed E-state index contributed by atoms with van der Waals surface area (Å²) < 4.78 is 7.50. The Morgan fingerprint density at radius 2 is 1.96 bits per heavy atom. The second kappa shape index (κ2) is 5.00. The van der Waals surface area contributed by atoms with Gasteiger partial charge in [0.15, 0.2) is 0 Å². The van der Waals surface area contributed by atoms with Crippen LogP contribution in [0.2, 0.25) is 0 Å². The molecule has 0 amide bonds. The molecule has 1 aromatic heterocycles. The van der Waals surface area contributed by atoms with Gasteiger partial charge in [0.1, 0.15) is 22.8 Å². The third-order valence-corrected chi connectivity index (χ3v) is 4.70. The van der Waals surface area contributed by atoms with Crippen LogP contribution in [0.1, 0.15) is 12.5 Å². The second-order valence-electron chi connectivity index (χ2n) is 6.50. The maximum Gasteiger partial charge on any atom is 0.201 e.